The van der Waals surface area contributed by atoms with Crippen LogP contribution >= 0.6 is 0 Å². The van der Waals surface area contributed by atoms with Crippen molar-refractivity contribution < 1.29 is 0 Å². The maximum absolute atomic E-state index is 5.97. The minimum Gasteiger partial charge on any atom is -0.342 e. The van der Waals surface area contributed by atoms with Crippen LogP contribution in [0.2, 0.25) is 0 Å². The average Bonchev–Trinajstić information content (AvgIpc) is 2.81. The zero-order chi connectivity index (χ0) is 12.5. The molecule has 3 nitrogen and oxygen atoms in total. The number of rotatable bonds is 2. The molecule has 1 aromatic heterocycles. The van der Waals surface area contributed by atoms with Crippen LogP contribution in [0.1, 0.15) is 49.9 Å². The van der Waals surface area contributed by atoms with Gasteiger partial charge in [0.15, 0.2) is 0 Å². The molecular weight excluding hydrogens is 222 g/mol. The van der Waals surface area contributed by atoms with E-state index in [-0.39, 0.29) is 0 Å². The van der Waals surface area contributed by atoms with Crippen molar-refractivity contribution in [3.05, 3.63) is 29.6 Å². The SMILES string of the molecule is CCc1nc2ccc(C3CCC(N)CC3)cc2[nH]1. The van der Waals surface area contributed by atoms with Crippen LogP contribution in [-0.2, 0) is 6.42 Å². The van der Waals surface area contributed by atoms with E-state index in [1.54, 1.807) is 0 Å². The normalized spacial score (nSPS) is 24.6. The van der Waals surface area contributed by atoms with Crippen molar-refractivity contribution in [1.82, 2.24) is 9.97 Å². The van der Waals surface area contributed by atoms with Gasteiger partial charge in [-0.1, -0.05) is 13.0 Å². The van der Waals surface area contributed by atoms with E-state index in [0.717, 1.165) is 30.6 Å². The van der Waals surface area contributed by atoms with E-state index < -0.39 is 0 Å². The van der Waals surface area contributed by atoms with E-state index >= 15 is 0 Å². The third kappa shape index (κ3) is 2.15. The molecule has 3 N–H and O–H groups in total. The number of H-pyrrole nitrogens is 1. The summed E-state index contributed by atoms with van der Waals surface area (Å²) in [5.74, 6) is 1.76. The van der Waals surface area contributed by atoms with Crippen molar-refractivity contribution >= 4 is 11.0 Å². The number of hydrogen-bond donors (Lipinski definition) is 2. The number of fused-ring (bicyclic) bond motifs is 1. The third-order valence-corrected chi connectivity index (χ3v) is 4.13. The fraction of sp³-hybridized carbons (Fsp3) is 0.533. The van der Waals surface area contributed by atoms with Gasteiger partial charge in [-0.2, -0.15) is 0 Å². The monoisotopic (exact) mass is 243 g/mol. The van der Waals surface area contributed by atoms with Gasteiger partial charge in [0.05, 0.1) is 11.0 Å². The Kier molecular flexibility index (Phi) is 3.08. The molecule has 1 aromatic carbocycles. The lowest BCUT2D eigenvalue weighted by Crippen LogP contribution is -2.25. The lowest BCUT2D eigenvalue weighted by Gasteiger charge is -2.26. The number of imidazole rings is 1. The molecule has 1 aliphatic carbocycles. The summed E-state index contributed by atoms with van der Waals surface area (Å²) in [5, 5.41) is 0. The van der Waals surface area contributed by atoms with E-state index in [2.05, 4.69) is 35.1 Å². The minimum atomic E-state index is 0.420. The molecule has 0 saturated heterocycles. The van der Waals surface area contributed by atoms with Gasteiger partial charge in [-0.3, -0.25) is 0 Å². The predicted octanol–water partition coefficient (Wildman–Crippen LogP) is 3.11. The van der Waals surface area contributed by atoms with E-state index in [9.17, 15) is 0 Å². The van der Waals surface area contributed by atoms with Gasteiger partial charge >= 0.3 is 0 Å². The second-order valence-corrected chi connectivity index (χ2v) is 5.43. The van der Waals surface area contributed by atoms with E-state index in [1.165, 1.54) is 23.9 Å². The Morgan fingerprint density at radius 2 is 2.06 bits per heavy atom. The standard InChI is InChI=1S/C15H21N3/c1-2-15-17-13-8-5-11(9-14(13)18-15)10-3-6-12(16)7-4-10/h5,8-10,12H,2-4,6-7,16H2,1H3,(H,17,18). The molecule has 2 aromatic rings. The van der Waals surface area contributed by atoms with Gasteiger partial charge in [-0.15, -0.1) is 0 Å². The summed E-state index contributed by atoms with van der Waals surface area (Å²) in [6.07, 6.45) is 5.73. The van der Waals surface area contributed by atoms with Crippen LogP contribution in [-0.4, -0.2) is 16.0 Å². The molecule has 0 atom stereocenters. The Hall–Kier alpha value is -1.35. The van der Waals surface area contributed by atoms with Crippen molar-refractivity contribution in [2.24, 2.45) is 5.73 Å². The first-order valence-corrected chi connectivity index (χ1v) is 7.00. The van der Waals surface area contributed by atoms with E-state index in [4.69, 9.17) is 5.73 Å². The summed E-state index contributed by atoms with van der Waals surface area (Å²) in [6, 6.07) is 7.09. The predicted molar refractivity (Wildman–Crippen MR) is 74.7 cm³/mol. The number of aromatic amines is 1. The van der Waals surface area contributed by atoms with Gasteiger partial charge < -0.3 is 10.7 Å². The van der Waals surface area contributed by atoms with Gasteiger partial charge in [-0.05, 0) is 49.3 Å². The first-order valence-electron chi connectivity index (χ1n) is 7.00. The Balaban J connectivity index is 1.88. The van der Waals surface area contributed by atoms with Gasteiger partial charge in [0.25, 0.3) is 0 Å². The van der Waals surface area contributed by atoms with Crippen LogP contribution in [0.4, 0.5) is 0 Å². The fourth-order valence-corrected chi connectivity index (χ4v) is 2.95. The molecule has 1 aliphatic rings. The van der Waals surface area contributed by atoms with E-state index in [1.807, 2.05) is 0 Å². The van der Waals surface area contributed by atoms with Crippen LogP contribution in [0.5, 0.6) is 0 Å². The molecule has 1 fully saturated rings. The smallest absolute Gasteiger partial charge is 0.106 e. The summed E-state index contributed by atoms with van der Waals surface area (Å²) in [4.78, 5) is 7.95. The first kappa shape index (κ1) is 11.7. The fourth-order valence-electron chi connectivity index (χ4n) is 2.95. The Morgan fingerprint density at radius 1 is 1.28 bits per heavy atom. The molecular formula is C15H21N3. The highest BCUT2D eigenvalue weighted by molar-refractivity contribution is 5.76. The lowest BCUT2D eigenvalue weighted by molar-refractivity contribution is 0.396. The molecule has 3 heteroatoms. The molecule has 1 saturated carbocycles. The van der Waals surface area contributed by atoms with Crippen molar-refractivity contribution in [3.8, 4) is 0 Å². The number of nitrogens with zero attached hydrogens (tertiary/aromatic N) is 1. The number of nitrogens with one attached hydrogen (secondary N) is 1. The first-order chi connectivity index (χ1) is 8.76. The van der Waals surface area contributed by atoms with E-state index in [0.29, 0.717) is 12.0 Å². The highest BCUT2D eigenvalue weighted by Gasteiger charge is 2.20. The summed E-state index contributed by atoms with van der Waals surface area (Å²) >= 11 is 0. The lowest BCUT2D eigenvalue weighted by atomic mass is 9.82. The second kappa shape index (κ2) is 4.73. The molecule has 18 heavy (non-hydrogen) atoms. The molecule has 0 amide bonds. The molecule has 0 aliphatic heterocycles. The molecule has 0 spiro atoms. The Labute approximate surface area is 108 Å². The zero-order valence-corrected chi connectivity index (χ0v) is 10.9. The molecule has 96 valence electrons. The van der Waals surface area contributed by atoms with Crippen LogP contribution in [0.3, 0.4) is 0 Å². The second-order valence-electron chi connectivity index (χ2n) is 5.43. The zero-order valence-electron chi connectivity index (χ0n) is 10.9. The topological polar surface area (TPSA) is 54.7 Å². The summed E-state index contributed by atoms with van der Waals surface area (Å²) in [6.45, 7) is 2.13. The number of benzene rings is 1. The molecule has 3 rings (SSSR count). The summed E-state index contributed by atoms with van der Waals surface area (Å²) in [7, 11) is 0. The van der Waals surface area contributed by atoms with Crippen molar-refractivity contribution in [2.75, 3.05) is 0 Å². The quantitative estimate of drug-likeness (QED) is 0.851. The van der Waals surface area contributed by atoms with Crippen molar-refractivity contribution in [3.63, 3.8) is 0 Å². The number of nitrogens with two attached hydrogens (primary N) is 1. The average molecular weight is 243 g/mol. The van der Waals surface area contributed by atoms with Crippen LogP contribution in [0.25, 0.3) is 11.0 Å². The van der Waals surface area contributed by atoms with Gasteiger partial charge in [-0.25, -0.2) is 4.98 Å². The summed E-state index contributed by atoms with van der Waals surface area (Å²) in [5.41, 5.74) is 9.68. The van der Waals surface area contributed by atoms with Crippen LogP contribution in [0, 0.1) is 0 Å². The number of aryl methyl sites for hydroxylation is 1. The molecule has 0 radical (unpaired) electrons. The number of aromatic nitrogens is 2. The maximum Gasteiger partial charge on any atom is 0.106 e. The number of hydrogen-bond acceptors (Lipinski definition) is 2. The van der Waals surface area contributed by atoms with Gasteiger partial charge in [0.2, 0.25) is 0 Å². The van der Waals surface area contributed by atoms with Gasteiger partial charge in [0, 0.05) is 12.5 Å². The highest BCUT2D eigenvalue weighted by atomic mass is 14.9. The Bertz CT molecular complexity index is 536. The van der Waals surface area contributed by atoms with Crippen molar-refractivity contribution in [1.29, 1.82) is 0 Å². The Morgan fingerprint density at radius 3 is 2.78 bits per heavy atom. The van der Waals surface area contributed by atoms with Crippen LogP contribution in [0.15, 0.2) is 18.2 Å². The van der Waals surface area contributed by atoms with Crippen LogP contribution < -0.4 is 5.73 Å². The highest BCUT2D eigenvalue weighted by Crippen LogP contribution is 2.33. The largest absolute Gasteiger partial charge is 0.342 e. The molecule has 1 heterocycles. The molecule has 0 unspecified atom stereocenters. The van der Waals surface area contributed by atoms with Gasteiger partial charge in [0.1, 0.15) is 5.82 Å². The summed E-state index contributed by atoms with van der Waals surface area (Å²) < 4.78 is 0. The minimum absolute atomic E-state index is 0.420. The van der Waals surface area contributed by atoms with Crippen molar-refractivity contribution in [2.45, 2.75) is 51.0 Å². The molecule has 0 bridgehead atoms. The third-order valence-electron chi connectivity index (χ3n) is 4.13. The maximum atomic E-state index is 5.97.